The Kier molecular flexibility index (Phi) is 9.01. The third kappa shape index (κ3) is 7.27. The number of piperidine rings is 1. The molecule has 1 heterocycles. The Balaban J connectivity index is 1.49. The summed E-state index contributed by atoms with van der Waals surface area (Å²) in [4.78, 5) is 25.0. The fraction of sp³-hybridized carbons (Fsp3) is 0.385. The number of carbonyl (C=O) groups is 2. The van der Waals surface area contributed by atoms with Crippen molar-refractivity contribution in [3.63, 3.8) is 0 Å². The van der Waals surface area contributed by atoms with Gasteiger partial charge in [-0.1, -0.05) is 49.4 Å². The van der Waals surface area contributed by atoms with E-state index in [4.69, 9.17) is 0 Å². The predicted octanol–water partition coefficient (Wildman–Crippen LogP) is 3.54. The first-order valence-corrected chi connectivity index (χ1v) is 13.2. The van der Waals surface area contributed by atoms with Crippen molar-refractivity contribution in [1.29, 1.82) is 0 Å². The van der Waals surface area contributed by atoms with Crippen molar-refractivity contribution < 1.29 is 18.0 Å². The summed E-state index contributed by atoms with van der Waals surface area (Å²) in [5.74, 6) is -0.454. The second-order valence-electron chi connectivity index (χ2n) is 8.63. The third-order valence-electron chi connectivity index (χ3n) is 6.06. The minimum atomic E-state index is -3.53. The van der Waals surface area contributed by atoms with Gasteiger partial charge in [0.05, 0.1) is 0 Å². The molecule has 0 spiro atoms. The van der Waals surface area contributed by atoms with Gasteiger partial charge in [-0.3, -0.25) is 9.59 Å². The minimum Gasteiger partial charge on any atom is -0.352 e. The molecule has 1 aliphatic rings. The minimum absolute atomic E-state index is 0.0914. The number of amides is 2. The fourth-order valence-electron chi connectivity index (χ4n) is 3.75. The summed E-state index contributed by atoms with van der Waals surface area (Å²) in [6.07, 6.45) is 3.39. The van der Waals surface area contributed by atoms with E-state index in [1.165, 1.54) is 9.71 Å². The van der Waals surface area contributed by atoms with E-state index in [2.05, 4.69) is 10.6 Å². The Morgan fingerprint density at radius 1 is 1.09 bits per heavy atom. The molecule has 2 aromatic rings. The van der Waals surface area contributed by atoms with Gasteiger partial charge < -0.3 is 10.6 Å². The zero-order chi connectivity index (χ0) is 24.6. The van der Waals surface area contributed by atoms with Crippen molar-refractivity contribution in [3.05, 3.63) is 76.7 Å². The Hall–Kier alpha value is -2.97. The average molecular weight is 484 g/mol. The van der Waals surface area contributed by atoms with Gasteiger partial charge in [-0.2, -0.15) is 4.31 Å². The van der Waals surface area contributed by atoms with Crippen molar-refractivity contribution in [2.45, 2.75) is 45.7 Å². The van der Waals surface area contributed by atoms with Crippen molar-refractivity contribution >= 4 is 27.9 Å². The number of hydrogen-bond donors (Lipinski definition) is 2. The van der Waals surface area contributed by atoms with Crippen LogP contribution in [0.2, 0.25) is 0 Å². The second-order valence-corrected chi connectivity index (χ2v) is 10.5. The van der Waals surface area contributed by atoms with Crippen molar-refractivity contribution in [2.24, 2.45) is 5.92 Å². The smallest absolute Gasteiger partial charge is 0.251 e. The van der Waals surface area contributed by atoms with E-state index < -0.39 is 10.0 Å². The van der Waals surface area contributed by atoms with Crippen molar-refractivity contribution in [2.75, 3.05) is 13.1 Å². The molecule has 2 N–H and O–H groups in total. The zero-order valence-electron chi connectivity index (χ0n) is 19.7. The van der Waals surface area contributed by atoms with Gasteiger partial charge in [0.15, 0.2) is 0 Å². The van der Waals surface area contributed by atoms with Crippen LogP contribution in [0, 0.1) is 5.92 Å². The quantitative estimate of drug-likeness (QED) is 0.570. The van der Waals surface area contributed by atoms with Gasteiger partial charge in [-0.05, 0) is 55.5 Å². The number of benzene rings is 2. The van der Waals surface area contributed by atoms with Crippen LogP contribution < -0.4 is 10.6 Å². The van der Waals surface area contributed by atoms with Crippen LogP contribution >= 0.6 is 0 Å². The molecule has 2 amide bonds. The highest BCUT2D eigenvalue weighted by Crippen LogP contribution is 2.21. The van der Waals surface area contributed by atoms with Gasteiger partial charge in [-0.15, -0.1) is 0 Å². The highest BCUT2D eigenvalue weighted by Gasteiger charge is 2.29. The molecule has 1 fully saturated rings. The van der Waals surface area contributed by atoms with Crippen LogP contribution in [0.3, 0.4) is 0 Å². The number of sulfonamides is 1. The third-order valence-corrected chi connectivity index (χ3v) is 7.63. The molecule has 0 aromatic heterocycles. The maximum absolute atomic E-state index is 12.7. The molecule has 1 atom stereocenters. The molecular weight excluding hydrogens is 450 g/mol. The molecule has 1 saturated heterocycles. The molecule has 0 radical (unpaired) electrons. The monoisotopic (exact) mass is 483 g/mol. The first-order chi connectivity index (χ1) is 16.3. The summed E-state index contributed by atoms with van der Waals surface area (Å²) < 4.78 is 26.7. The van der Waals surface area contributed by atoms with E-state index in [-0.39, 0.29) is 23.8 Å². The van der Waals surface area contributed by atoms with Gasteiger partial charge in [0, 0.05) is 42.6 Å². The summed E-state index contributed by atoms with van der Waals surface area (Å²) in [5, 5.41) is 7.10. The maximum Gasteiger partial charge on any atom is 0.251 e. The molecule has 1 aliphatic heterocycles. The normalized spacial score (nSPS) is 16.3. The Morgan fingerprint density at radius 2 is 1.79 bits per heavy atom. The first kappa shape index (κ1) is 25.6. The summed E-state index contributed by atoms with van der Waals surface area (Å²) in [7, 11) is -3.53. The van der Waals surface area contributed by atoms with Gasteiger partial charge in [0.2, 0.25) is 15.9 Å². The molecule has 182 valence electrons. The van der Waals surface area contributed by atoms with E-state index in [1.807, 2.05) is 50.2 Å². The Morgan fingerprint density at radius 3 is 2.47 bits per heavy atom. The molecule has 3 rings (SSSR count). The number of carbonyl (C=O) groups excluding carboxylic acids is 2. The van der Waals surface area contributed by atoms with Gasteiger partial charge in [0.25, 0.3) is 5.91 Å². The lowest BCUT2D eigenvalue weighted by atomic mass is 9.97. The van der Waals surface area contributed by atoms with Gasteiger partial charge >= 0.3 is 0 Å². The molecule has 1 unspecified atom stereocenters. The zero-order valence-corrected chi connectivity index (χ0v) is 20.6. The highest BCUT2D eigenvalue weighted by atomic mass is 32.2. The predicted molar refractivity (Wildman–Crippen MR) is 134 cm³/mol. The summed E-state index contributed by atoms with van der Waals surface area (Å²) in [5.41, 5.74) is 2.23. The number of hydrogen-bond acceptors (Lipinski definition) is 4. The lowest BCUT2D eigenvalue weighted by Gasteiger charge is -2.29. The lowest BCUT2D eigenvalue weighted by Crippen LogP contribution is -2.42. The number of nitrogens with one attached hydrogen (secondary N) is 2. The van der Waals surface area contributed by atoms with Crippen LogP contribution in [0.4, 0.5) is 0 Å². The molecular formula is C26H33N3O4S. The first-order valence-electron chi connectivity index (χ1n) is 11.7. The van der Waals surface area contributed by atoms with E-state index in [1.54, 1.807) is 24.3 Å². The van der Waals surface area contributed by atoms with E-state index in [9.17, 15) is 18.0 Å². The van der Waals surface area contributed by atoms with Gasteiger partial charge in [-0.25, -0.2) is 8.42 Å². The van der Waals surface area contributed by atoms with Crippen molar-refractivity contribution in [1.82, 2.24) is 14.9 Å². The summed E-state index contributed by atoms with van der Waals surface area (Å²) >= 11 is 0. The standard InChI is InChI=1S/C26H33N3O4S/c1-3-20(2)28-26(31)24-11-7-10-22(18-24)19-27-25(30)23-12-15-29(16-13-23)34(32,33)17-14-21-8-5-4-6-9-21/h4-11,14,17-18,20,23H,3,12-13,15-16,19H2,1-2H3,(H,27,30)(H,28,31). The number of rotatable bonds is 9. The molecule has 8 heteroatoms. The Labute approximate surface area is 202 Å². The van der Waals surface area contributed by atoms with Crippen LogP contribution in [-0.2, 0) is 21.4 Å². The summed E-state index contributed by atoms with van der Waals surface area (Å²) in [6, 6.07) is 16.6. The molecule has 0 bridgehead atoms. The molecule has 7 nitrogen and oxygen atoms in total. The summed E-state index contributed by atoms with van der Waals surface area (Å²) in [6.45, 7) is 4.91. The lowest BCUT2D eigenvalue weighted by molar-refractivity contribution is -0.126. The van der Waals surface area contributed by atoms with Crippen LogP contribution in [-0.4, -0.2) is 43.7 Å². The largest absolute Gasteiger partial charge is 0.352 e. The molecule has 34 heavy (non-hydrogen) atoms. The van der Waals surface area contributed by atoms with Crippen molar-refractivity contribution in [3.8, 4) is 0 Å². The molecule has 0 saturated carbocycles. The fourth-order valence-corrected chi connectivity index (χ4v) is 4.97. The SMILES string of the molecule is CCC(C)NC(=O)c1cccc(CNC(=O)C2CCN(S(=O)(=O)C=Cc3ccccc3)CC2)c1. The van der Waals surface area contributed by atoms with E-state index >= 15 is 0 Å². The van der Waals surface area contributed by atoms with Crippen LogP contribution in [0.5, 0.6) is 0 Å². The maximum atomic E-state index is 12.7. The second kappa shape index (κ2) is 11.9. The van der Waals surface area contributed by atoms with Crippen LogP contribution in [0.1, 0.15) is 54.6 Å². The average Bonchev–Trinajstić information content (AvgIpc) is 2.87. The highest BCUT2D eigenvalue weighted by molar-refractivity contribution is 7.92. The molecule has 2 aromatic carbocycles. The number of nitrogens with zero attached hydrogens (tertiary/aromatic N) is 1. The topological polar surface area (TPSA) is 95.6 Å². The Bertz CT molecular complexity index is 1110. The van der Waals surface area contributed by atoms with Crippen LogP contribution in [0.15, 0.2) is 60.0 Å². The van der Waals surface area contributed by atoms with E-state index in [0.29, 0.717) is 38.0 Å². The van der Waals surface area contributed by atoms with E-state index in [0.717, 1.165) is 17.5 Å². The van der Waals surface area contributed by atoms with Crippen LogP contribution in [0.25, 0.3) is 6.08 Å². The van der Waals surface area contributed by atoms with Gasteiger partial charge in [0.1, 0.15) is 0 Å². The molecule has 0 aliphatic carbocycles.